The van der Waals surface area contributed by atoms with Crippen molar-refractivity contribution in [3.8, 4) is 11.5 Å². The summed E-state index contributed by atoms with van der Waals surface area (Å²) in [5, 5.41) is 1.48. The molecule has 1 heterocycles. The fourth-order valence-electron chi connectivity index (χ4n) is 3.81. The first kappa shape index (κ1) is 23.8. The molecule has 0 radical (unpaired) electrons. The van der Waals surface area contributed by atoms with Gasteiger partial charge in [0.25, 0.3) is 0 Å². The minimum Gasteiger partial charge on any atom is -0.493 e. The zero-order valence-corrected chi connectivity index (χ0v) is 19.0. The van der Waals surface area contributed by atoms with Gasteiger partial charge in [-0.05, 0) is 43.5 Å². The first-order chi connectivity index (χ1) is 15.2. The van der Waals surface area contributed by atoms with Crippen molar-refractivity contribution in [2.24, 2.45) is 0 Å². The number of hydrogen-bond donors (Lipinski definition) is 1. The molecule has 2 aromatic rings. The normalized spacial score (nSPS) is 17.3. The average molecular weight is 467 g/mol. The lowest BCUT2D eigenvalue weighted by Crippen LogP contribution is -2.38. The van der Waals surface area contributed by atoms with Gasteiger partial charge in [0, 0.05) is 0 Å². The van der Waals surface area contributed by atoms with Crippen LogP contribution in [0.2, 0.25) is 0 Å². The maximum atomic E-state index is 14.2. The predicted molar refractivity (Wildman–Crippen MR) is 118 cm³/mol. The molecular weight excluding hydrogens is 441 g/mol. The van der Waals surface area contributed by atoms with E-state index in [1.165, 1.54) is 19.1 Å². The number of nitrogens with zero attached hydrogens (tertiary/aromatic N) is 1. The van der Waals surface area contributed by atoms with Crippen LogP contribution in [0.4, 0.5) is 13.2 Å². The largest absolute Gasteiger partial charge is 0.493 e. The van der Waals surface area contributed by atoms with Crippen molar-refractivity contribution in [3.63, 3.8) is 0 Å². The maximum absolute atomic E-state index is 14.2. The molecule has 1 amide bonds. The quantitative estimate of drug-likeness (QED) is 0.544. The molecule has 0 saturated carbocycles. The van der Waals surface area contributed by atoms with Gasteiger partial charge in [-0.1, -0.05) is 47.7 Å². The highest BCUT2D eigenvalue weighted by molar-refractivity contribution is 8.03. The van der Waals surface area contributed by atoms with Crippen LogP contribution < -0.4 is 14.8 Å². The van der Waals surface area contributed by atoms with E-state index in [1.54, 1.807) is 25.1 Å². The van der Waals surface area contributed by atoms with Gasteiger partial charge in [-0.25, -0.2) is 0 Å². The highest BCUT2D eigenvalue weighted by atomic mass is 32.2. The van der Waals surface area contributed by atoms with Crippen LogP contribution in [0.5, 0.6) is 11.5 Å². The van der Waals surface area contributed by atoms with Crippen LogP contribution in [0.25, 0.3) is 0 Å². The van der Waals surface area contributed by atoms with Crippen molar-refractivity contribution >= 4 is 18.2 Å². The number of carbonyl (C=O) groups is 1. The fourth-order valence-corrected chi connectivity index (χ4v) is 4.96. The summed E-state index contributed by atoms with van der Waals surface area (Å²) in [5.41, 5.74) is 1.75. The Hall–Kier alpha value is -2.81. The third kappa shape index (κ3) is 4.98. The number of rotatable bonds is 8. The Kier molecular flexibility index (Phi) is 7.28. The van der Waals surface area contributed by atoms with Crippen LogP contribution in [0, 0.1) is 6.92 Å². The number of thioether (sulfide) groups is 1. The monoisotopic (exact) mass is 466 g/mol. The van der Waals surface area contributed by atoms with Gasteiger partial charge < -0.3 is 19.7 Å². The van der Waals surface area contributed by atoms with Gasteiger partial charge in [0.15, 0.2) is 17.2 Å². The third-order valence-electron chi connectivity index (χ3n) is 5.29. The molecule has 2 atom stereocenters. The van der Waals surface area contributed by atoms with Crippen molar-refractivity contribution in [1.82, 2.24) is 10.2 Å². The predicted octanol–water partition coefficient (Wildman–Crippen LogP) is 5.17. The Bertz CT molecular complexity index is 993. The number of nitrogens with one attached hydrogen (secondary N) is 1. The lowest BCUT2D eigenvalue weighted by Gasteiger charge is -2.36. The molecule has 0 saturated heterocycles. The Balaban J connectivity index is 2.15. The van der Waals surface area contributed by atoms with Crippen LogP contribution >= 0.6 is 11.8 Å². The van der Waals surface area contributed by atoms with Crippen LogP contribution in [-0.4, -0.2) is 37.1 Å². The van der Waals surface area contributed by atoms with Crippen LogP contribution in [-0.2, 0) is 11.2 Å². The number of ether oxygens (including phenoxy) is 2. The first-order valence-electron chi connectivity index (χ1n) is 9.93. The summed E-state index contributed by atoms with van der Waals surface area (Å²) >= 11 is 0.974. The number of benzene rings is 2. The van der Waals surface area contributed by atoms with Crippen LogP contribution in [0.15, 0.2) is 53.2 Å². The van der Waals surface area contributed by atoms with E-state index in [-0.39, 0.29) is 11.4 Å². The number of carbonyl (C=O) groups excluding carboxylic acids is 1. The molecule has 0 bridgehead atoms. The topological polar surface area (TPSA) is 50.8 Å². The lowest BCUT2D eigenvalue weighted by molar-refractivity contribution is -0.116. The maximum Gasteiger partial charge on any atom is 0.433 e. The molecule has 3 rings (SSSR count). The number of halogens is 3. The molecule has 172 valence electrons. The second kappa shape index (κ2) is 9.77. The summed E-state index contributed by atoms with van der Waals surface area (Å²) in [6.45, 7) is 3.65. The second-order valence-electron chi connectivity index (χ2n) is 7.38. The van der Waals surface area contributed by atoms with Crippen molar-refractivity contribution in [2.45, 2.75) is 37.9 Å². The highest BCUT2D eigenvalue weighted by Gasteiger charge is 2.49. The summed E-state index contributed by atoms with van der Waals surface area (Å²) in [7, 11) is 2.99. The number of aryl methyl sites for hydroxylation is 1. The Morgan fingerprint density at radius 1 is 1.12 bits per heavy atom. The number of hydrogen-bond acceptors (Lipinski definition) is 5. The van der Waals surface area contributed by atoms with Gasteiger partial charge in [-0.3, -0.25) is 4.79 Å². The molecule has 2 unspecified atom stereocenters. The van der Waals surface area contributed by atoms with Gasteiger partial charge in [-0.15, -0.1) is 0 Å². The van der Waals surface area contributed by atoms with Gasteiger partial charge in [0.1, 0.15) is 5.03 Å². The van der Waals surface area contributed by atoms with Gasteiger partial charge in [0.05, 0.1) is 25.6 Å². The number of methoxy groups -OCH3 is 2. The van der Waals surface area contributed by atoms with E-state index < -0.39 is 23.3 Å². The van der Waals surface area contributed by atoms with E-state index in [2.05, 4.69) is 5.32 Å². The summed E-state index contributed by atoms with van der Waals surface area (Å²) < 4.78 is 53.2. The van der Waals surface area contributed by atoms with Crippen LogP contribution in [0.1, 0.15) is 29.7 Å². The Labute approximate surface area is 189 Å². The molecule has 1 N–H and O–H groups in total. The van der Waals surface area contributed by atoms with Gasteiger partial charge in [-0.2, -0.15) is 13.2 Å². The summed E-state index contributed by atoms with van der Waals surface area (Å²) in [6, 6.07) is 12.2. The first-order valence-corrected chi connectivity index (χ1v) is 10.8. The molecule has 0 aromatic heterocycles. The number of amides is 1. The molecular formula is C23H25F3N2O3S. The SMILES string of the molecule is COc1ccc(C(Cc2ccc(C)cc2)N2C(C(F)(F)F)=C(NC=O)SC2C)cc1OC. The van der Waals surface area contributed by atoms with Crippen molar-refractivity contribution in [3.05, 3.63) is 69.9 Å². The van der Waals surface area contributed by atoms with E-state index in [9.17, 15) is 18.0 Å². The van der Waals surface area contributed by atoms with E-state index in [0.717, 1.165) is 22.9 Å². The van der Waals surface area contributed by atoms with E-state index in [1.807, 2.05) is 31.2 Å². The molecule has 9 heteroatoms. The lowest BCUT2D eigenvalue weighted by atomic mass is 9.95. The van der Waals surface area contributed by atoms with Crippen molar-refractivity contribution < 1.29 is 27.4 Å². The molecule has 1 aliphatic heterocycles. The molecule has 0 aliphatic carbocycles. The average Bonchev–Trinajstić information content (AvgIpc) is 3.09. The van der Waals surface area contributed by atoms with Crippen LogP contribution in [0.3, 0.4) is 0 Å². The van der Waals surface area contributed by atoms with Crippen molar-refractivity contribution in [2.75, 3.05) is 14.2 Å². The van der Waals surface area contributed by atoms with E-state index in [0.29, 0.717) is 23.5 Å². The third-order valence-corrected chi connectivity index (χ3v) is 6.40. The second-order valence-corrected chi connectivity index (χ2v) is 8.71. The fraction of sp³-hybridized carbons (Fsp3) is 0.348. The molecule has 2 aromatic carbocycles. The summed E-state index contributed by atoms with van der Waals surface area (Å²) in [4.78, 5) is 12.3. The van der Waals surface area contributed by atoms with Gasteiger partial charge >= 0.3 is 6.18 Å². The number of alkyl halides is 3. The molecule has 32 heavy (non-hydrogen) atoms. The van der Waals surface area contributed by atoms with E-state index >= 15 is 0 Å². The molecule has 0 fully saturated rings. The molecule has 5 nitrogen and oxygen atoms in total. The molecule has 0 spiro atoms. The van der Waals surface area contributed by atoms with Crippen molar-refractivity contribution in [1.29, 1.82) is 0 Å². The van der Waals surface area contributed by atoms with Gasteiger partial charge in [0.2, 0.25) is 6.41 Å². The number of allylic oxidation sites excluding steroid dienone is 1. The minimum absolute atomic E-state index is 0.200. The highest BCUT2D eigenvalue weighted by Crippen LogP contribution is 2.49. The standard InChI is InChI=1S/C23H25F3N2O3S/c1-14-5-7-16(8-6-14)11-18(17-9-10-19(30-3)20(12-17)31-4)28-15(2)32-22(27-13-29)21(28)23(24,25)26/h5-10,12-13,15,18H,11H2,1-4H3,(H,27,29). The minimum atomic E-state index is -4.65. The van der Waals surface area contributed by atoms with E-state index in [4.69, 9.17) is 9.47 Å². The molecule has 1 aliphatic rings. The Morgan fingerprint density at radius 2 is 1.78 bits per heavy atom. The summed E-state index contributed by atoms with van der Waals surface area (Å²) in [6.07, 6.45) is -4.05. The smallest absolute Gasteiger partial charge is 0.433 e. The Morgan fingerprint density at radius 3 is 2.34 bits per heavy atom. The summed E-state index contributed by atoms with van der Waals surface area (Å²) in [5.74, 6) is 0.922. The zero-order valence-electron chi connectivity index (χ0n) is 18.2. The zero-order chi connectivity index (χ0) is 23.5.